The third-order valence-corrected chi connectivity index (χ3v) is 5.88. The number of amides is 1. The van der Waals surface area contributed by atoms with Gasteiger partial charge in [-0.15, -0.1) is 0 Å². The number of fused-ring (bicyclic) bond motifs is 1. The van der Waals surface area contributed by atoms with Crippen LogP contribution >= 0.6 is 0 Å². The van der Waals surface area contributed by atoms with Crippen LogP contribution in [-0.4, -0.2) is 55.4 Å². The Morgan fingerprint density at radius 2 is 2.18 bits per heavy atom. The fourth-order valence-electron chi connectivity index (χ4n) is 2.84. The highest BCUT2D eigenvalue weighted by Gasteiger charge is 2.24. The minimum absolute atomic E-state index is 0.0294. The number of carbonyl (C=O) groups excluding carboxylic acids is 1. The van der Waals surface area contributed by atoms with Crippen molar-refractivity contribution in [2.24, 2.45) is 5.92 Å². The molecule has 0 aliphatic carbocycles. The summed E-state index contributed by atoms with van der Waals surface area (Å²) in [6.07, 6.45) is 2.49. The van der Waals surface area contributed by atoms with E-state index in [-0.39, 0.29) is 23.3 Å². The average molecular weight is 327 g/mol. The second kappa shape index (κ2) is 7.28. The molecule has 0 bridgehead atoms. The molecule has 1 unspecified atom stereocenters. The molecule has 7 heteroatoms. The summed E-state index contributed by atoms with van der Waals surface area (Å²) in [6, 6.07) is 4.06. The molecular weight excluding hydrogens is 302 g/mol. The van der Waals surface area contributed by atoms with Gasteiger partial charge in [0.2, 0.25) is 5.91 Å². The molecule has 1 aromatic rings. The molecule has 1 aromatic heterocycles. The summed E-state index contributed by atoms with van der Waals surface area (Å²) in [7, 11) is -1.32. The van der Waals surface area contributed by atoms with Gasteiger partial charge in [0.15, 0.2) is 9.84 Å². The number of hydrogen-bond acceptors (Lipinski definition) is 4. The highest BCUT2D eigenvalue weighted by atomic mass is 32.2. The van der Waals surface area contributed by atoms with E-state index in [0.717, 1.165) is 19.6 Å². The first-order valence-electron chi connectivity index (χ1n) is 7.71. The second-order valence-corrected chi connectivity index (χ2v) is 8.34. The third-order valence-electron chi connectivity index (χ3n) is 4.19. The van der Waals surface area contributed by atoms with Crippen molar-refractivity contribution in [3.8, 4) is 0 Å². The number of aromatic nitrogens is 1. The van der Waals surface area contributed by atoms with Crippen LogP contribution in [0.5, 0.6) is 0 Å². The van der Waals surface area contributed by atoms with E-state index in [2.05, 4.69) is 20.9 Å². The zero-order chi connectivity index (χ0) is 16.2. The van der Waals surface area contributed by atoms with Gasteiger partial charge in [-0.2, -0.15) is 0 Å². The van der Waals surface area contributed by atoms with Crippen LogP contribution in [0.25, 0.3) is 0 Å². The van der Waals surface area contributed by atoms with Crippen molar-refractivity contribution in [3.05, 3.63) is 24.0 Å². The predicted octanol–water partition coefficient (Wildman–Crippen LogP) is 0.491. The van der Waals surface area contributed by atoms with E-state index in [1.54, 1.807) is 14.0 Å². The first-order valence-corrected chi connectivity index (χ1v) is 9.53. The van der Waals surface area contributed by atoms with Crippen molar-refractivity contribution in [1.82, 2.24) is 14.8 Å². The Labute approximate surface area is 132 Å². The van der Waals surface area contributed by atoms with Crippen LogP contribution in [0.15, 0.2) is 18.3 Å². The lowest BCUT2D eigenvalue weighted by Gasteiger charge is -2.23. The maximum atomic E-state index is 11.7. The Balaban J connectivity index is 2.08. The van der Waals surface area contributed by atoms with Gasteiger partial charge >= 0.3 is 0 Å². The Morgan fingerprint density at radius 1 is 1.41 bits per heavy atom. The molecule has 1 aliphatic heterocycles. The lowest BCUT2D eigenvalue weighted by atomic mass is 10.0. The first-order chi connectivity index (χ1) is 10.4. The van der Waals surface area contributed by atoms with Gasteiger partial charge in [-0.3, -0.25) is 9.69 Å². The first kappa shape index (κ1) is 17.0. The SMILES string of the molecule is CCS(=O)(=O)CCN1Cc2cccn2CC(CC(=O)NC)C1. The maximum Gasteiger partial charge on any atom is 0.220 e. The standard InChI is InChI=1S/C15H25N3O3S/c1-3-22(20,21)8-7-17-10-13(9-15(19)16-2)11-18-6-4-5-14(18)12-17/h4-6,13H,3,7-12H2,1-2H3,(H,16,19). The van der Waals surface area contributed by atoms with Crippen LogP contribution in [0, 0.1) is 5.92 Å². The molecule has 0 radical (unpaired) electrons. The van der Waals surface area contributed by atoms with E-state index < -0.39 is 9.84 Å². The summed E-state index contributed by atoms with van der Waals surface area (Å²) >= 11 is 0. The van der Waals surface area contributed by atoms with Gasteiger partial charge in [-0.05, 0) is 18.1 Å². The van der Waals surface area contributed by atoms with Gasteiger partial charge in [-0.1, -0.05) is 6.92 Å². The normalized spacial score (nSPS) is 19.5. The quantitative estimate of drug-likeness (QED) is 0.825. The van der Waals surface area contributed by atoms with Gasteiger partial charge in [0.1, 0.15) is 0 Å². The minimum Gasteiger partial charge on any atom is -0.359 e. The summed E-state index contributed by atoms with van der Waals surface area (Å²) in [5.74, 6) is 0.579. The van der Waals surface area contributed by atoms with E-state index in [1.165, 1.54) is 5.69 Å². The molecule has 22 heavy (non-hydrogen) atoms. The zero-order valence-electron chi connectivity index (χ0n) is 13.3. The monoisotopic (exact) mass is 327 g/mol. The third kappa shape index (κ3) is 4.58. The van der Waals surface area contributed by atoms with E-state index in [1.807, 2.05) is 12.3 Å². The Kier molecular flexibility index (Phi) is 5.63. The second-order valence-electron chi connectivity index (χ2n) is 5.87. The van der Waals surface area contributed by atoms with Crippen molar-refractivity contribution >= 4 is 15.7 Å². The van der Waals surface area contributed by atoms with Crippen LogP contribution < -0.4 is 5.32 Å². The number of nitrogens with zero attached hydrogens (tertiary/aromatic N) is 2. The molecular formula is C15H25N3O3S. The molecule has 1 amide bonds. The molecule has 1 aliphatic rings. The molecule has 1 N–H and O–H groups in total. The van der Waals surface area contributed by atoms with E-state index >= 15 is 0 Å². The molecule has 0 spiro atoms. The van der Waals surface area contributed by atoms with E-state index in [9.17, 15) is 13.2 Å². The highest BCUT2D eigenvalue weighted by Crippen LogP contribution is 2.19. The topological polar surface area (TPSA) is 71.4 Å². The van der Waals surface area contributed by atoms with Gasteiger partial charge in [-0.25, -0.2) is 8.42 Å². The van der Waals surface area contributed by atoms with Gasteiger partial charge in [0.05, 0.1) is 5.75 Å². The van der Waals surface area contributed by atoms with Crippen LogP contribution in [-0.2, 0) is 27.7 Å². The smallest absolute Gasteiger partial charge is 0.220 e. The fraction of sp³-hybridized carbons (Fsp3) is 0.667. The number of rotatable bonds is 6. The number of hydrogen-bond donors (Lipinski definition) is 1. The number of nitrogens with one attached hydrogen (secondary N) is 1. The Bertz CT molecular complexity index is 609. The molecule has 1 atom stereocenters. The maximum absolute atomic E-state index is 11.7. The van der Waals surface area contributed by atoms with Crippen molar-refractivity contribution < 1.29 is 13.2 Å². The molecule has 124 valence electrons. The Morgan fingerprint density at radius 3 is 2.86 bits per heavy atom. The number of carbonyl (C=O) groups is 1. The lowest BCUT2D eigenvalue weighted by Crippen LogP contribution is -2.34. The molecule has 0 fully saturated rings. The largest absolute Gasteiger partial charge is 0.359 e. The van der Waals surface area contributed by atoms with E-state index in [0.29, 0.717) is 13.0 Å². The van der Waals surface area contributed by atoms with Gasteiger partial charge < -0.3 is 9.88 Å². The van der Waals surface area contributed by atoms with E-state index in [4.69, 9.17) is 0 Å². The molecule has 2 heterocycles. The zero-order valence-corrected chi connectivity index (χ0v) is 14.1. The fourth-order valence-corrected chi connectivity index (χ4v) is 3.67. The lowest BCUT2D eigenvalue weighted by molar-refractivity contribution is -0.121. The van der Waals surface area contributed by atoms with Crippen molar-refractivity contribution in [1.29, 1.82) is 0 Å². The summed E-state index contributed by atoms with van der Waals surface area (Å²) in [5, 5.41) is 2.67. The van der Waals surface area contributed by atoms with Crippen molar-refractivity contribution in [2.45, 2.75) is 26.4 Å². The predicted molar refractivity (Wildman–Crippen MR) is 86.2 cm³/mol. The molecule has 0 saturated heterocycles. The Hall–Kier alpha value is -1.34. The number of sulfone groups is 1. The molecule has 2 rings (SSSR count). The van der Waals surface area contributed by atoms with Crippen LogP contribution in [0.1, 0.15) is 19.0 Å². The minimum atomic E-state index is -2.97. The van der Waals surface area contributed by atoms with Gasteiger partial charge in [0.25, 0.3) is 0 Å². The van der Waals surface area contributed by atoms with Crippen LogP contribution in [0.3, 0.4) is 0 Å². The highest BCUT2D eigenvalue weighted by molar-refractivity contribution is 7.91. The molecule has 6 nitrogen and oxygen atoms in total. The van der Waals surface area contributed by atoms with Crippen LogP contribution in [0.2, 0.25) is 0 Å². The summed E-state index contributed by atoms with van der Waals surface area (Å²) < 4.78 is 25.6. The summed E-state index contributed by atoms with van der Waals surface area (Å²) in [5.41, 5.74) is 1.17. The summed E-state index contributed by atoms with van der Waals surface area (Å²) in [6.45, 7) is 4.47. The molecule has 0 saturated carbocycles. The average Bonchev–Trinajstić information content (AvgIpc) is 2.84. The summed E-state index contributed by atoms with van der Waals surface area (Å²) in [4.78, 5) is 13.8. The van der Waals surface area contributed by atoms with Crippen molar-refractivity contribution in [2.75, 3.05) is 31.6 Å². The van der Waals surface area contributed by atoms with Crippen LogP contribution in [0.4, 0.5) is 0 Å². The molecule has 0 aromatic carbocycles. The van der Waals surface area contributed by atoms with Crippen molar-refractivity contribution in [3.63, 3.8) is 0 Å². The van der Waals surface area contributed by atoms with Gasteiger partial charge in [0, 0.05) is 57.3 Å².